The van der Waals surface area contributed by atoms with Gasteiger partial charge in [0, 0.05) is 18.8 Å². The zero-order valence-corrected chi connectivity index (χ0v) is 11.2. The molecule has 0 unspecified atom stereocenters. The lowest BCUT2D eigenvalue weighted by atomic mass is 10.4. The van der Waals surface area contributed by atoms with Crippen LogP contribution in [0.15, 0.2) is 52.3 Å². The second kappa shape index (κ2) is 5.93. The summed E-state index contributed by atoms with van der Waals surface area (Å²) in [5, 5.41) is 3.79. The van der Waals surface area contributed by atoms with Crippen molar-refractivity contribution >= 4 is 10.0 Å². The van der Waals surface area contributed by atoms with E-state index in [0.29, 0.717) is 0 Å². The summed E-state index contributed by atoms with van der Waals surface area (Å²) in [6.07, 6.45) is 1.43. The molecule has 1 aromatic carbocycles. The average molecular weight is 297 g/mol. The zero-order chi connectivity index (χ0) is 14.6. The highest BCUT2D eigenvalue weighted by molar-refractivity contribution is 7.89. The molecule has 0 saturated carbocycles. The van der Waals surface area contributed by atoms with Crippen LogP contribution in [0.4, 0.5) is 4.39 Å². The van der Waals surface area contributed by atoms with Crippen LogP contribution in [0.1, 0.15) is 0 Å². The van der Waals surface area contributed by atoms with Crippen LogP contribution < -0.4 is 10.3 Å². The Morgan fingerprint density at radius 1 is 1.25 bits per heavy atom. The van der Waals surface area contributed by atoms with Gasteiger partial charge in [0.2, 0.25) is 10.0 Å². The second-order valence-electron chi connectivity index (χ2n) is 3.94. The van der Waals surface area contributed by atoms with Crippen molar-refractivity contribution in [2.24, 2.45) is 0 Å². The molecule has 20 heavy (non-hydrogen) atoms. The topological polar surface area (TPSA) is 81.1 Å². The van der Waals surface area contributed by atoms with Gasteiger partial charge < -0.3 is 0 Å². The maximum atomic E-state index is 13.0. The Bertz CT molecular complexity index is 758. The van der Waals surface area contributed by atoms with E-state index in [0.717, 1.165) is 16.8 Å². The summed E-state index contributed by atoms with van der Waals surface area (Å²) in [6, 6.07) is 7.51. The average Bonchev–Trinajstić information content (AvgIpc) is 2.41. The monoisotopic (exact) mass is 297 g/mol. The third-order valence-electron chi connectivity index (χ3n) is 2.51. The van der Waals surface area contributed by atoms with Gasteiger partial charge >= 0.3 is 0 Å². The van der Waals surface area contributed by atoms with Crippen molar-refractivity contribution in [2.45, 2.75) is 11.4 Å². The van der Waals surface area contributed by atoms with E-state index in [2.05, 4.69) is 9.82 Å². The number of nitrogens with one attached hydrogen (secondary N) is 1. The van der Waals surface area contributed by atoms with E-state index in [1.165, 1.54) is 30.5 Å². The van der Waals surface area contributed by atoms with E-state index in [1.54, 1.807) is 0 Å². The third kappa shape index (κ3) is 3.49. The van der Waals surface area contributed by atoms with Gasteiger partial charge in [-0.05, 0) is 24.3 Å². The van der Waals surface area contributed by atoms with Crippen LogP contribution in [0.2, 0.25) is 0 Å². The SMILES string of the molecule is O=c1cccnn1CCNS(=O)(=O)c1cccc(F)c1. The van der Waals surface area contributed by atoms with Crippen molar-refractivity contribution in [1.29, 1.82) is 0 Å². The van der Waals surface area contributed by atoms with E-state index in [9.17, 15) is 17.6 Å². The highest BCUT2D eigenvalue weighted by Gasteiger charge is 2.13. The third-order valence-corrected chi connectivity index (χ3v) is 3.97. The molecule has 0 fully saturated rings. The van der Waals surface area contributed by atoms with Crippen LogP contribution in [-0.2, 0) is 16.6 Å². The first-order valence-electron chi connectivity index (χ1n) is 5.76. The normalized spacial score (nSPS) is 11.4. The fraction of sp³-hybridized carbons (Fsp3) is 0.167. The predicted octanol–water partition coefficient (Wildman–Crippen LogP) is 0.361. The van der Waals surface area contributed by atoms with Gasteiger partial charge in [0.05, 0.1) is 11.4 Å². The molecule has 2 rings (SSSR count). The van der Waals surface area contributed by atoms with Crippen LogP contribution in [0, 0.1) is 5.82 Å². The zero-order valence-electron chi connectivity index (χ0n) is 10.4. The first-order valence-corrected chi connectivity index (χ1v) is 7.25. The van der Waals surface area contributed by atoms with Crippen molar-refractivity contribution in [3.8, 4) is 0 Å². The molecule has 1 N–H and O–H groups in total. The van der Waals surface area contributed by atoms with Gasteiger partial charge in [0.1, 0.15) is 5.82 Å². The van der Waals surface area contributed by atoms with Crippen LogP contribution >= 0.6 is 0 Å². The van der Waals surface area contributed by atoms with E-state index < -0.39 is 15.8 Å². The maximum Gasteiger partial charge on any atom is 0.266 e. The molecule has 0 aliphatic rings. The summed E-state index contributed by atoms with van der Waals surface area (Å²) in [5.41, 5.74) is -0.322. The molecule has 0 bridgehead atoms. The Kier molecular flexibility index (Phi) is 4.26. The molecule has 0 aliphatic carbocycles. The molecule has 2 aromatic rings. The van der Waals surface area contributed by atoms with Gasteiger partial charge in [-0.2, -0.15) is 5.10 Å². The standard InChI is InChI=1S/C12H12FN3O3S/c13-10-3-1-4-11(9-10)20(18,19)15-7-8-16-12(17)5-2-6-14-16/h1-6,9,15H,7-8H2. The second-order valence-corrected chi connectivity index (χ2v) is 5.71. The molecule has 8 heteroatoms. The van der Waals surface area contributed by atoms with Crippen molar-refractivity contribution in [3.05, 3.63) is 58.8 Å². The largest absolute Gasteiger partial charge is 0.268 e. The maximum absolute atomic E-state index is 13.0. The minimum absolute atomic E-state index is 0.0181. The number of nitrogens with zero attached hydrogens (tertiary/aromatic N) is 2. The van der Waals surface area contributed by atoms with Crippen molar-refractivity contribution in [1.82, 2.24) is 14.5 Å². The summed E-state index contributed by atoms with van der Waals surface area (Å²) in [7, 11) is -3.80. The van der Waals surface area contributed by atoms with Gasteiger partial charge in [0.25, 0.3) is 5.56 Å². The molecule has 1 heterocycles. The summed E-state index contributed by atoms with van der Waals surface area (Å²) in [4.78, 5) is 11.2. The molecule has 0 atom stereocenters. The first kappa shape index (κ1) is 14.4. The Hall–Kier alpha value is -2.06. The number of halogens is 1. The molecule has 0 spiro atoms. The number of rotatable bonds is 5. The quantitative estimate of drug-likeness (QED) is 0.864. The lowest BCUT2D eigenvalue weighted by molar-refractivity contribution is 0.546. The van der Waals surface area contributed by atoms with Crippen LogP contribution in [-0.4, -0.2) is 24.7 Å². The number of sulfonamides is 1. The summed E-state index contributed by atoms with van der Waals surface area (Å²) in [5.74, 6) is -0.631. The first-order chi connectivity index (χ1) is 9.49. The smallest absolute Gasteiger partial charge is 0.266 e. The van der Waals surface area contributed by atoms with Gasteiger partial charge in [-0.15, -0.1) is 0 Å². The predicted molar refractivity (Wildman–Crippen MR) is 70.1 cm³/mol. The summed E-state index contributed by atoms with van der Waals surface area (Å²) < 4.78 is 40.2. The molecular formula is C12H12FN3O3S. The Labute approximate surface area is 114 Å². The number of benzene rings is 1. The Balaban J connectivity index is 2.04. The Morgan fingerprint density at radius 2 is 2.05 bits per heavy atom. The van der Waals surface area contributed by atoms with Crippen molar-refractivity contribution in [3.63, 3.8) is 0 Å². The van der Waals surface area contributed by atoms with Gasteiger partial charge in [-0.25, -0.2) is 22.2 Å². The van der Waals surface area contributed by atoms with Gasteiger partial charge in [0.15, 0.2) is 0 Å². The van der Waals surface area contributed by atoms with E-state index >= 15 is 0 Å². The molecule has 0 radical (unpaired) electrons. The Morgan fingerprint density at radius 3 is 2.75 bits per heavy atom. The minimum atomic E-state index is -3.80. The highest BCUT2D eigenvalue weighted by Crippen LogP contribution is 2.09. The van der Waals surface area contributed by atoms with Gasteiger partial charge in [-0.1, -0.05) is 6.07 Å². The summed E-state index contributed by atoms with van der Waals surface area (Å²) >= 11 is 0. The van der Waals surface area contributed by atoms with Crippen LogP contribution in [0.5, 0.6) is 0 Å². The molecule has 1 aromatic heterocycles. The van der Waals surface area contributed by atoms with Crippen LogP contribution in [0.3, 0.4) is 0 Å². The molecule has 0 amide bonds. The molecule has 0 saturated heterocycles. The van der Waals surface area contributed by atoms with E-state index in [-0.39, 0.29) is 23.5 Å². The molecule has 6 nitrogen and oxygen atoms in total. The fourth-order valence-corrected chi connectivity index (χ4v) is 2.61. The molecular weight excluding hydrogens is 285 g/mol. The van der Waals surface area contributed by atoms with E-state index in [1.807, 2.05) is 0 Å². The van der Waals surface area contributed by atoms with E-state index in [4.69, 9.17) is 0 Å². The minimum Gasteiger partial charge on any atom is -0.268 e. The lowest BCUT2D eigenvalue weighted by Gasteiger charge is -2.07. The van der Waals surface area contributed by atoms with Crippen molar-refractivity contribution < 1.29 is 12.8 Å². The lowest BCUT2D eigenvalue weighted by Crippen LogP contribution is -2.31. The molecule has 0 aliphatic heterocycles. The number of hydrogen-bond acceptors (Lipinski definition) is 4. The summed E-state index contributed by atoms with van der Waals surface area (Å²) in [6.45, 7) is 0.0734. The molecule has 106 valence electrons. The number of hydrogen-bond donors (Lipinski definition) is 1. The van der Waals surface area contributed by atoms with Crippen LogP contribution in [0.25, 0.3) is 0 Å². The number of aromatic nitrogens is 2. The fourth-order valence-electron chi connectivity index (χ4n) is 1.56. The highest BCUT2D eigenvalue weighted by atomic mass is 32.2. The van der Waals surface area contributed by atoms with Crippen molar-refractivity contribution in [2.75, 3.05) is 6.54 Å². The van der Waals surface area contributed by atoms with Gasteiger partial charge in [-0.3, -0.25) is 4.79 Å².